The van der Waals surface area contributed by atoms with E-state index in [1.54, 1.807) is 34.2 Å². The molecule has 1 unspecified atom stereocenters. The number of thiophene rings is 1. The van der Waals surface area contributed by atoms with Crippen LogP contribution in [0.25, 0.3) is 16.4 Å². The van der Waals surface area contributed by atoms with Crippen LogP contribution in [0, 0.1) is 29.4 Å². The zero-order valence-electron chi connectivity index (χ0n) is 25.3. The smallest absolute Gasteiger partial charge is 0.355 e. The molecule has 1 fully saturated rings. The molecule has 0 amide bonds. The third kappa shape index (κ3) is 6.94. The monoisotopic (exact) mass is 676 g/mol. The number of aromatic nitrogens is 3. The van der Waals surface area contributed by atoms with Crippen molar-refractivity contribution in [3.8, 4) is 28.2 Å². The lowest BCUT2D eigenvalue weighted by Crippen LogP contribution is -2.14. The van der Waals surface area contributed by atoms with E-state index in [0.717, 1.165) is 40.3 Å². The molecule has 1 aliphatic rings. The molecule has 0 bridgehead atoms. The van der Waals surface area contributed by atoms with E-state index in [4.69, 9.17) is 10.2 Å². The van der Waals surface area contributed by atoms with Gasteiger partial charge in [0.15, 0.2) is 11.5 Å². The van der Waals surface area contributed by atoms with Crippen LogP contribution in [0.4, 0.5) is 8.78 Å². The molecule has 1 saturated carbocycles. The number of aromatic carboxylic acids is 1. The second-order valence-electron chi connectivity index (χ2n) is 12.3. The van der Waals surface area contributed by atoms with Crippen molar-refractivity contribution in [2.24, 2.45) is 11.1 Å². The Morgan fingerprint density at radius 3 is 2.54 bits per heavy atom. The van der Waals surface area contributed by atoms with Crippen molar-refractivity contribution in [1.29, 1.82) is 0 Å². The molecule has 12 heteroatoms. The average Bonchev–Trinajstić information content (AvgIpc) is 3.34. The lowest BCUT2D eigenvalue weighted by atomic mass is 9.95. The zero-order valence-corrected chi connectivity index (χ0v) is 27.7. The summed E-state index contributed by atoms with van der Waals surface area (Å²) in [5, 5.41) is 21.7. The number of thiazole rings is 1. The number of carbonyl (C=O) groups is 1. The maximum Gasteiger partial charge on any atom is 0.355 e. The Hall–Kier alpha value is -3.86. The molecular weight excluding hydrogens is 647 g/mol. The van der Waals surface area contributed by atoms with Gasteiger partial charge in [-0.25, -0.2) is 23.2 Å². The van der Waals surface area contributed by atoms with Crippen LogP contribution in [-0.4, -0.2) is 30.4 Å². The van der Waals surface area contributed by atoms with Crippen LogP contribution in [0.2, 0.25) is 0 Å². The Morgan fingerprint density at radius 1 is 1.13 bits per heavy atom. The lowest BCUT2D eigenvalue weighted by Gasteiger charge is -2.14. The first kappa shape index (κ1) is 32.1. The summed E-state index contributed by atoms with van der Waals surface area (Å²) in [6.45, 7) is 6.39. The topological polar surface area (TPSA) is 117 Å². The quantitative estimate of drug-likeness (QED) is 0.132. The van der Waals surface area contributed by atoms with E-state index in [-0.39, 0.29) is 28.0 Å². The van der Waals surface area contributed by atoms with Crippen LogP contribution >= 0.6 is 22.7 Å². The third-order valence-electron chi connectivity index (χ3n) is 7.66. The van der Waals surface area contributed by atoms with E-state index >= 15 is 4.39 Å². The fourth-order valence-corrected chi connectivity index (χ4v) is 7.20. The maximum absolute atomic E-state index is 15.1. The fraction of sp³-hybridized carbons (Fsp3) is 0.265. The summed E-state index contributed by atoms with van der Waals surface area (Å²) in [6, 6.07) is 13.0. The van der Waals surface area contributed by atoms with Crippen molar-refractivity contribution in [2.45, 2.75) is 56.8 Å². The molecule has 0 radical (unpaired) electrons. The summed E-state index contributed by atoms with van der Waals surface area (Å²) in [5.41, 5.74) is 3.43. The Bertz CT molecular complexity index is 2010. The molecule has 3 aromatic heterocycles. The molecule has 1 atom stereocenters. The number of halogens is 2. The molecule has 0 spiro atoms. The molecule has 6 rings (SSSR count). The van der Waals surface area contributed by atoms with Crippen LogP contribution in [-0.2, 0) is 29.6 Å². The number of hydrogen-bond acceptors (Lipinski definition) is 7. The van der Waals surface area contributed by atoms with E-state index in [0.29, 0.717) is 34.3 Å². The predicted molar refractivity (Wildman–Crippen MR) is 177 cm³/mol. The largest absolute Gasteiger partial charge is 0.593 e. The van der Waals surface area contributed by atoms with Crippen molar-refractivity contribution in [1.82, 2.24) is 14.8 Å². The molecule has 0 aliphatic heterocycles. The minimum atomic E-state index is -1.97. The maximum atomic E-state index is 15.1. The molecule has 0 saturated heterocycles. The summed E-state index contributed by atoms with van der Waals surface area (Å²) in [6.07, 6.45) is 2.99. The van der Waals surface area contributed by atoms with Gasteiger partial charge in [-0.2, -0.15) is 5.10 Å². The summed E-state index contributed by atoms with van der Waals surface area (Å²) in [5.74, 6) is 4.22. The number of nitrogens with two attached hydrogens (primary N) is 1. The Balaban J connectivity index is 1.48. The van der Waals surface area contributed by atoms with Gasteiger partial charge < -0.3 is 9.66 Å². The predicted octanol–water partition coefficient (Wildman–Crippen LogP) is 7.26. The minimum absolute atomic E-state index is 0.0174. The van der Waals surface area contributed by atoms with Gasteiger partial charge in [-0.15, -0.1) is 27.8 Å². The van der Waals surface area contributed by atoms with E-state index in [9.17, 15) is 18.8 Å². The van der Waals surface area contributed by atoms with E-state index in [1.165, 1.54) is 28.5 Å². The lowest BCUT2D eigenvalue weighted by molar-refractivity contribution is 0.0691. The van der Waals surface area contributed by atoms with Gasteiger partial charge in [-0.05, 0) is 78.6 Å². The number of rotatable bonds is 8. The molecule has 5 aromatic rings. The molecule has 46 heavy (non-hydrogen) atoms. The molecule has 236 valence electrons. The zero-order chi connectivity index (χ0) is 32.7. The SMILES string of the molecule is CC(C)(C)c1ccc(C#Cc2cc(-c3nn(-c4nc(C(=O)O)cs4)c(CC4CC4)c3Cc3ccc([S+](N)[O-])c(F)c3)ccc2F)s1. The van der Waals surface area contributed by atoms with E-state index in [2.05, 4.69) is 37.6 Å². The van der Waals surface area contributed by atoms with Gasteiger partial charge in [0.25, 0.3) is 0 Å². The highest BCUT2D eigenvalue weighted by atomic mass is 32.2. The summed E-state index contributed by atoms with van der Waals surface area (Å²) < 4.78 is 43.4. The summed E-state index contributed by atoms with van der Waals surface area (Å²) in [7, 11) is 0. The normalized spacial score (nSPS) is 13.8. The number of carboxylic acids is 1. The standard InChI is InChI=1S/C34H30F2N4O3S3/c1-34(2,3)30-13-10-23(45-30)9-7-21-17-22(8-11-25(21)35)31-24(14-20-6-12-29(46(37)43)26(36)15-20)28(16-19-4-5-19)40(39-31)33-38-27(18-44-33)32(41)42/h6,8,10-13,15,17-19H,4-5,14,16,37H2,1-3H3,(H,41,42). The molecule has 3 N–H and O–H groups in total. The average molecular weight is 677 g/mol. The second-order valence-corrected chi connectivity index (χ2v) is 15.2. The number of nitrogens with zero attached hydrogens (tertiary/aromatic N) is 3. The number of hydrogen-bond donors (Lipinski definition) is 2. The number of carboxylic acid groups (broad SMARTS) is 1. The Kier molecular flexibility index (Phi) is 8.89. The van der Waals surface area contributed by atoms with Gasteiger partial charge in [-0.1, -0.05) is 38.7 Å². The van der Waals surface area contributed by atoms with Gasteiger partial charge in [0.2, 0.25) is 10.0 Å². The van der Waals surface area contributed by atoms with Crippen LogP contribution in [0.15, 0.2) is 58.8 Å². The first-order chi connectivity index (χ1) is 21.9. The van der Waals surface area contributed by atoms with Crippen LogP contribution in [0.5, 0.6) is 0 Å². The van der Waals surface area contributed by atoms with E-state index in [1.807, 2.05) is 12.1 Å². The van der Waals surface area contributed by atoms with Gasteiger partial charge in [-0.3, -0.25) is 0 Å². The summed E-state index contributed by atoms with van der Waals surface area (Å²) >= 11 is 0.759. The van der Waals surface area contributed by atoms with Gasteiger partial charge in [0.1, 0.15) is 5.82 Å². The molecule has 3 heterocycles. The molecule has 1 aliphatic carbocycles. The van der Waals surface area contributed by atoms with Crippen molar-refractivity contribution < 1.29 is 23.2 Å². The van der Waals surface area contributed by atoms with Gasteiger partial charge in [0.05, 0.1) is 33.2 Å². The first-order valence-electron chi connectivity index (χ1n) is 14.5. The van der Waals surface area contributed by atoms with Crippen LogP contribution in [0.1, 0.15) is 76.2 Å². The highest BCUT2D eigenvalue weighted by Gasteiger charge is 2.30. The highest BCUT2D eigenvalue weighted by Crippen LogP contribution is 2.38. The van der Waals surface area contributed by atoms with E-state index < -0.39 is 29.0 Å². The Labute approximate surface area is 276 Å². The van der Waals surface area contributed by atoms with Crippen molar-refractivity contribution in [3.05, 3.63) is 103 Å². The highest BCUT2D eigenvalue weighted by molar-refractivity contribution is 7.89. The number of benzene rings is 2. The van der Waals surface area contributed by atoms with Crippen LogP contribution in [0.3, 0.4) is 0 Å². The fourth-order valence-electron chi connectivity index (χ4n) is 5.05. The molecule has 2 aromatic carbocycles. The van der Waals surface area contributed by atoms with Crippen molar-refractivity contribution in [3.63, 3.8) is 0 Å². The third-order valence-corrected chi connectivity index (χ3v) is 10.7. The minimum Gasteiger partial charge on any atom is -0.593 e. The van der Waals surface area contributed by atoms with Gasteiger partial charge in [0, 0.05) is 27.8 Å². The van der Waals surface area contributed by atoms with Crippen molar-refractivity contribution in [2.75, 3.05) is 0 Å². The van der Waals surface area contributed by atoms with Crippen LogP contribution < -0.4 is 5.14 Å². The summed E-state index contributed by atoms with van der Waals surface area (Å²) in [4.78, 5) is 17.9. The Morgan fingerprint density at radius 2 is 1.91 bits per heavy atom. The van der Waals surface area contributed by atoms with Crippen molar-refractivity contribution >= 4 is 40.0 Å². The molecular formula is C34H30F2N4O3S3. The first-order valence-corrected chi connectivity index (χ1v) is 17.4. The molecule has 7 nitrogen and oxygen atoms in total. The second kappa shape index (κ2) is 12.7. The van der Waals surface area contributed by atoms with Gasteiger partial charge >= 0.3 is 5.97 Å².